The molecule has 0 spiro atoms. The minimum Gasteiger partial charge on any atom is -0.347 e. The largest absolute Gasteiger partial charge is 0.347 e. The molecule has 6 heteroatoms. The molecule has 0 N–H and O–H groups in total. The van der Waals surface area contributed by atoms with E-state index in [1.807, 2.05) is 53.2 Å². The Labute approximate surface area is 146 Å². The summed E-state index contributed by atoms with van der Waals surface area (Å²) in [6, 6.07) is 7.67. The molecular weight excluding hydrogens is 314 g/mol. The second-order valence-corrected chi connectivity index (χ2v) is 6.19. The van der Waals surface area contributed by atoms with Crippen LogP contribution in [-0.2, 0) is 19.9 Å². The zero-order chi connectivity index (χ0) is 17.2. The molecule has 0 radical (unpaired) electrons. The number of nitrogens with zero attached hydrogens (tertiary/aromatic N) is 5. The summed E-state index contributed by atoms with van der Waals surface area (Å²) >= 11 is 0. The molecule has 1 amide bonds. The molecule has 126 valence electrons. The molecule has 1 aliphatic heterocycles. The molecule has 0 aromatic carbocycles. The zero-order valence-electron chi connectivity index (χ0n) is 14.1. The fourth-order valence-electron chi connectivity index (χ4n) is 3.33. The van der Waals surface area contributed by atoms with Crippen molar-refractivity contribution in [2.75, 3.05) is 13.1 Å². The van der Waals surface area contributed by atoms with Crippen molar-refractivity contribution < 1.29 is 4.79 Å². The molecule has 0 unspecified atom stereocenters. The molecule has 25 heavy (non-hydrogen) atoms. The quantitative estimate of drug-likeness (QED) is 0.720. The molecule has 6 nitrogen and oxygen atoms in total. The minimum atomic E-state index is 0.0659. The zero-order valence-corrected chi connectivity index (χ0v) is 14.1. The Kier molecular flexibility index (Phi) is 4.01. The molecule has 0 saturated carbocycles. The Hall–Kier alpha value is -3.02. The summed E-state index contributed by atoms with van der Waals surface area (Å²) in [4.78, 5) is 27.8. The number of carbonyl (C=O) groups is 1. The number of fused-ring (bicyclic) bond motifs is 1. The van der Waals surface area contributed by atoms with Gasteiger partial charge < -0.3 is 9.47 Å². The first kappa shape index (κ1) is 15.5. The fraction of sp³-hybridized carbons (Fsp3) is 0.263. The van der Waals surface area contributed by atoms with E-state index in [1.54, 1.807) is 12.5 Å². The van der Waals surface area contributed by atoms with Crippen LogP contribution in [0.1, 0.15) is 21.7 Å². The monoisotopic (exact) mass is 333 g/mol. The second-order valence-electron chi connectivity index (χ2n) is 6.19. The smallest absolute Gasteiger partial charge is 0.270 e. The lowest BCUT2D eigenvalue weighted by atomic mass is 10.0. The van der Waals surface area contributed by atoms with E-state index in [1.165, 1.54) is 0 Å². The van der Waals surface area contributed by atoms with Crippen molar-refractivity contribution in [2.45, 2.75) is 12.8 Å². The fourth-order valence-corrected chi connectivity index (χ4v) is 3.33. The van der Waals surface area contributed by atoms with E-state index in [0.717, 1.165) is 35.4 Å². The van der Waals surface area contributed by atoms with Crippen LogP contribution >= 0.6 is 0 Å². The molecule has 0 atom stereocenters. The van der Waals surface area contributed by atoms with Gasteiger partial charge in [-0.1, -0.05) is 0 Å². The van der Waals surface area contributed by atoms with Crippen LogP contribution in [0.2, 0.25) is 0 Å². The van der Waals surface area contributed by atoms with E-state index in [-0.39, 0.29) is 5.91 Å². The number of hydrogen-bond donors (Lipinski definition) is 0. The van der Waals surface area contributed by atoms with Crippen molar-refractivity contribution in [1.82, 2.24) is 24.4 Å². The molecule has 3 aromatic rings. The summed E-state index contributed by atoms with van der Waals surface area (Å²) in [5.74, 6) is 0.0659. The maximum atomic E-state index is 12.8. The first-order valence-corrected chi connectivity index (χ1v) is 8.38. The maximum absolute atomic E-state index is 12.8. The van der Waals surface area contributed by atoms with Gasteiger partial charge in [-0.15, -0.1) is 0 Å². The summed E-state index contributed by atoms with van der Waals surface area (Å²) in [6.07, 6.45) is 8.56. The summed E-state index contributed by atoms with van der Waals surface area (Å²) in [5.41, 5.74) is 4.77. The summed E-state index contributed by atoms with van der Waals surface area (Å²) in [7, 11) is 1.89. The predicted molar refractivity (Wildman–Crippen MR) is 94.0 cm³/mol. The highest BCUT2D eigenvalue weighted by molar-refractivity contribution is 5.92. The number of carbonyl (C=O) groups excluding carboxylic acids is 1. The Morgan fingerprint density at radius 1 is 1.12 bits per heavy atom. The van der Waals surface area contributed by atoms with Gasteiger partial charge >= 0.3 is 0 Å². The van der Waals surface area contributed by atoms with Crippen molar-refractivity contribution >= 4 is 5.91 Å². The van der Waals surface area contributed by atoms with Crippen molar-refractivity contribution in [3.8, 4) is 11.3 Å². The number of amides is 1. The third kappa shape index (κ3) is 2.91. The van der Waals surface area contributed by atoms with Gasteiger partial charge in [-0.25, -0.2) is 9.97 Å². The van der Waals surface area contributed by atoms with Gasteiger partial charge in [0.05, 0.1) is 5.69 Å². The Morgan fingerprint density at radius 2 is 2.00 bits per heavy atom. The molecule has 0 bridgehead atoms. The van der Waals surface area contributed by atoms with Crippen molar-refractivity contribution in [1.29, 1.82) is 0 Å². The molecule has 4 heterocycles. The third-order valence-electron chi connectivity index (χ3n) is 4.67. The Morgan fingerprint density at radius 3 is 2.76 bits per heavy atom. The first-order valence-electron chi connectivity index (χ1n) is 8.38. The summed E-state index contributed by atoms with van der Waals surface area (Å²) < 4.78 is 1.86. The average Bonchev–Trinajstić information content (AvgIpc) is 2.96. The van der Waals surface area contributed by atoms with Crippen LogP contribution in [0.5, 0.6) is 0 Å². The number of aryl methyl sites for hydroxylation is 1. The molecular formula is C19H19N5O. The number of aromatic nitrogens is 4. The van der Waals surface area contributed by atoms with Crippen LogP contribution in [0.3, 0.4) is 0 Å². The van der Waals surface area contributed by atoms with Gasteiger partial charge in [-0.3, -0.25) is 9.78 Å². The van der Waals surface area contributed by atoms with E-state index < -0.39 is 0 Å². The standard InChI is InChI=1S/C19H19N5O/c1-23-9-3-5-17(23)19(25)24-10-6-15-16(7-11-24)21-13-22-18(15)14-4-2-8-20-12-14/h2-5,8-9,12-13H,6-7,10-11H2,1H3. The SMILES string of the molecule is Cn1cccc1C(=O)N1CCc2ncnc(-c3cccnc3)c2CC1. The third-order valence-corrected chi connectivity index (χ3v) is 4.67. The molecule has 0 aliphatic carbocycles. The van der Waals surface area contributed by atoms with E-state index in [4.69, 9.17) is 0 Å². The highest BCUT2D eigenvalue weighted by atomic mass is 16.2. The van der Waals surface area contributed by atoms with Crippen LogP contribution in [0.25, 0.3) is 11.3 Å². The molecule has 1 aliphatic rings. The van der Waals surface area contributed by atoms with Gasteiger partial charge in [0.15, 0.2) is 0 Å². The van der Waals surface area contributed by atoms with Crippen LogP contribution in [0.4, 0.5) is 0 Å². The van der Waals surface area contributed by atoms with Gasteiger partial charge in [-0.05, 0) is 30.7 Å². The number of rotatable bonds is 2. The van der Waals surface area contributed by atoms with Crippen LogP contribution in [0, 0.1) is 0 Å². The normalized spacial score (nSPS) is 14.0. The van der Waals surface area contributed by atoms with Gasteiger partial charge in [0.25, 0.3) is 5.91 Å². The lowest BCUT2D eigenvalue weighted by Crippen LogP contribution is -2.34. The number of hydrogen-bond acceptors (Lipinski definition) is 4. The summed E-state index contributed by atoms with van der Waals surface area (Å²) in [5, 5.41) is 0. The lowest BCUT2D eigenvalue weighted by Gasteiger charge is -2.20. The summed E-state index contributed by atoms with van der Waals surface area (Å²) in [6.45, 7) is 1.33. The van der Waals surface area contributed by atoms with E-state index in [9.17, 15) is 4.79 Å². The van der Waals surface area contributed by atoms with Gasteiger partial charge in [0.1, 0.15) is 12.0 Å². The van der Waals surface area contributed by atoms with Crippen molar-refractivity contribution in [2.24, 2.45) is 7.05 Å². The molecule has 0 fully saturated rings. The van der Waals surface area contributed by atoms with E-state index in [2.05, 4.69) is 15.0 Å². The molecule has 4 rings (SSSR count). The van der Waals surface area contributed by atoms with Crippen LogP contribution in [-0.4, -0.2) is 43.4 Å². The highest BCUT2D eigenvalue weighted by Gasteiger charge is 2.24. The van der Waals surface area contributed by atoms with Gasteiger partial charge in [-0.2, -0.15) is 0 Å². The van der Waals surface area contributed by atoms with Gasteiger partial charge in [0, 0.05) is 62.0 Å². The molecule has 3 aromatic heterocycles. The predicted octanol–water partition coefficient (Wildman–Crippen LogP) is 2.12. The van der Waals surface area contributed by atoms with Crippen molar-refractivity contribution in [3.05, 3.63) is 66.1 Å². The highest BCUT2D eigenvalue weighted by Crippen LogP contribution is 2.25. The number of pyridine rings is 1. The second kappa shape index (κ2) is 6.47. The Bertz CT molecular complexity index is 903. The van der Waals surface area contributed by atoms with E-state index in [0.29, 0.717) is 18.8 Å². The van der Waals surface area contributed by atoms with Crippen LogP contribution < -0.4 is 0 Å². The minimum absolute atomic E-state index is 0.0659. The van der Waals surface area contributed by atoms with Crippen LogP contribution in [0.15, 0.2) is 49.2 Å². The topological polar surface area (TPSA) is 63.9 Å². The average molecular weight is 333 g/mol. The van der Waals surface area contributed by atoms with E-state index >= 15 is 0 Å². The first-order chi connectivity index (χ1) is 12.2. The maximum Gasteiger partial charge on any atom is 0.270 e. The van der Waals surface area contributed by atoms with Crippen molar-refractivity contribution in [3.63, 3.8) is 0 Å². The Balaban J connectivity index is 1.62. The molecule has 0 saturated heterocycles. The lowest BCUT2D eigenvalue weighted by molar-refractivity contribution is 0.0753. The van der Waals surface area contributed by atoms with Gasteiger partial charge in [0.2, 0.25) is 0 Å².